The van der Waals surface area contributed by atoms with Gasteiger partial charge in [-0.2, -0.15) is 0 Å². The molecule has 0 bridgehead atoms. The van der Waals surface area contributed by atoms with Crippen LogP contribution < -0.4 is 4.74 Å². The molecule has 1 aromatic carbocycles. The summed E-state index contributed by atoms with van der Waals surface area (Å²) in [6.45, 7) is 7.26. The van der Waals surface area contributed by atoms with Gasteiger partial charge in [0.2, 0.25) is 0 Å². The third-order valence-electron chi connectivity index (χ3n) is 3.64. The van der Waals surface area contributed by atoms with Crippen LogP contribution in [0.3, 0.4) is 0 Å². The average Bonchev–Trinajstić information content (AvgIpc) is 3.15. The zero-order valence-corrected chi connectivity index (χ0v) is 12.7. The first-order valence-corrected chi connectivity index (χ1v) is 7.61. The van der Waals surface area contributed by atoms with Crippen LogP contribution in [0.15, 0.2) is 18.2 Å². The summed E-state index contributed by atoms with van der Waals surface area (Å²) >= 11 is 6.12. The zero-order chi connectivity index (χ0) is 13.8. The van der Waals surface area contributed by atoms with E-state index in [4.69, 9.17) is 21.1 Å². The van der Waals surface area contributed by atoms with Gasteiger partial charge in [-0.15, -0.1) is 0 Å². The SMILES string of the molecule is CCCOc1ccc(Cl)cc1C(C)CC1OC1CC. The highest BCUT2D eigenvalue weighted by Gasteiger charge is 2.38. The Bertz CT molecular complexity index is 419. The second-order valence-corrected chi connectivity index (χ2v) is 5.73. The lowest BCUT2D eigenvalue weighted by Crippen LogP contribution is -2.05. The zero-order valence-electron chi connectivity index (χ0n) is 12.0. The molecule has 1 heterocycles. The minimum absolute atomic E-state index is 0.409. The highest BCUT2D eigenvalue weighted by Crippen LogP contribution is 2.38. The van der Waals surface area contributed by atoms with Gasteiger partial charge < -0.3 is 9.47 Å². The number of rotatable bonds is 7. The van der Waals surface area contributed by atoms with Crippen LogP contribution in [0.2, 0.25) is 5.02 Å². The summed E-state index contributed by atoms with van der Waals surface area (Å²) in [5.74, 6) is 1.37. The maximum atomic E-state index is 6.12. The van der Waals surface area contributed by atoms with E-state index >= 15 is 0 Å². The van der Waals surface area contributed by atoms with Crippen molar-refractivity contribution in [3.05, 3.63) is 28.8 Å². The first-order chi connectivity index (χ1) is 9.15. The van der Waals surface area contributed by atoms with Gasteiger partial charge in [0.25, 0.3) is 0 Å². The van der Waals surface area contributed by atoms with Crippen LogP contribution in [0.4, 0.5) is 0 Å². The van der Waals surface area contributed by atoms with Crippen molar-refractivity contribution in [3.8, 4) is 5.75 Å². The molecule has 3 heteroatoms. The average molecular weight is 283 g/mol. The number of hydrogen-bond acceptors (Lipinski definition) is 2. The van der Waals surface area contributed by atoms with E-state index in [2.05, 4.69) is 20.8 Å². The van der Waals surface area contributed by atoms with Gasteiger partial charge in [-0.1, -0.05) is 32.4 Å². The fourth-order valence-electron chi connectivity index (χ4n) is 2.47. The lowest BCUT2D eigenvalue weighted by Gasteiger charge is -2.16. The molecule has 2 nitrogen and oxygen atoms in total. The van der Waals surface area contributed by atoms with Crippen molar-refractivity contribution in [2.24, 2.45) is 0 Å². The Morgan fingerprint density at radius 2 is 2.11 bits per heavy atom. The Morgan fingerprint density at radius 3 is 2.74 bits per heavy atom. The molecular weight excluding hydrogens is 260 g/mol. The molecule has 2 rings (SSSR count). The molecule has 0 aliphatic carbocycles. The molecule has 106 valence electrons. The lowest BCUT2D eigenvalue weighted by atomic mass is 9.94. The lowest BCUT2D eigenvalue weighted by molar-refractivity contribution is 0.310. The van der Waals surface area contributed by atoms with E-state index in [-0.39, 0.29) is 0 Å². The van der Waals surface area contributed by atoms with Crippen molar-refractivity contribution in [1.29, 1.82) is 0 Å². The Hall–Kier alpha value is -0.730. The smallest absolute Gasteiger partial charge is 0.122 e. The molecule has 1 saturated heterocycles. The fraction of sp³-hybridized carbons (Fsp3) is 0.625. The first kappa shape index (κ1) is 14.7. The molecule has 1 fully saturated rings. The second-order valence-electron chi connectivity index (χ2n) is 5.29. The summed E-state index contributed by atoms with van der Waals surface area (Å²) in [7, 11) is 0. The highest BCUT2D eigenvalue weighted by atomic mass is 35.5. The van der Waals surface area contributed by atoms with Gasteiger partial charge in [0.05, 0.1) is 18.8 Å². The molecule has 0 spiro atoms. The highest BCUT2D eigenvalue weighted by molar-refractivity contribution is 6.30. The maximum Gasteiger partial charge on any atom is 0.122 e. The van der Waals surface area contributed by atoms with Gasteiger partial charge in [0, 0.05) is 5.02 Å². The predicted molar refractivity (Wildman–Crippen MR) is 79.2 cm³/mol. The van der Waals surface area contributed by atoms with E-state index in [0.29, 0.717) is 18.1 Å². The van der Waals surface area contributed by atoms with E-state index in [0.717, 1.165) is 36.6 Å². The molecule has 0 saturated carbocycles. The third kappa shape index (κ3) is 3.87. The normalized spacial score (nSPS) is 23.2. The molecule has 0 aromatic heterocycles. The van der Waals surface area contributed by atoms with E-state index in [1.54, 1.807) is 0 Å². The Morgan fingerprint density at radius 1 is 1.32 bits per heavy atom. The van der Waals surface area contributed by atoms with Gasteiger partial charge >= 0.3 is 0 Å². The van der Waals surface area contributed by atoms with Gasteiger partial charge in [-0.25, -0.2) is 0 Å². The Balaban J connectivity index is 2.05. The minimum atomic E-state index is 0.409. The van der Waals surface area contributed by atoms with Crippen LogP contribution in [0.25, 0.3) is 0 Å². The van der Waals surface area contributed by atoms with Crippen molar-refractivity contribution in [2.45, 2.75) is 58.2 Å². The van der Waals surface area contributed by atoms with Crippen molar-refractivity contribution in [1.82, 2.24) is 0 Å². The van der Waals surface area contributed by atoms with Crippen LogP contribution in [0.1, 0.15) is 51.5 Å². The molecule has 0 amide bonds. The molecule has 3 unspecified atom stereocenters. The molecule has 1 aliphatic rings. The third-order valence-corrected chi connectivity index (χ3v) is 3.88. The van der Waals surface area contributed by atoms with E-state index < -0.39 is 0 Å². The summed E-state index contributed by atoms with van der Waals surface area (Å²) in [6, 6.07) is 5.90. The summed E-state index contributed by atoms with van der Waals surface area (Å²) in [4.78, 5) is 0. The molecule has 1 aromatic rings. The Labute approximate surface area is 121 Å². The van der Waals surface area contributed by atoms with Crippen molar-refractivity contribution in [2.75, 3.05) is 6.61 Å². The van der Waals surface area contributed by atoms with Crippen molar-refractivity contribution >= 4 is 11.6 Å². The van der Waals surface area contributed by atoms with Gasteiger partial charge in [-0.05, 0) is 48.9 Å². The topological polar surface area (TPSA) is 21.8 Å². The molecule has 0 radical (unpaired) electrons. The number of hydrogen-bond donors (Lipinski definition) is 0. The molecule has 1 aliphatic heterocycles. The van der Waals surface area contributed by atoms with Crippen LogP contribution in [-0.2, 0) is 4.74 Å². The van der Waals surface area contributed by atoms with Gasteiger partial charge in [-0.3, -0.25) is 0 Å². The maximum absolute atomic E-state index is 6.12. The summed E-state index contributed by atoms with van der Waals surface area (Å²) in [5, 5.41) is 0.773. The standard InChI is InChI=1S/C16H23ClO2/c1-4-8-18-15-7-6-12(17)10-13(15)11(3)9-16-14(5-2)19-16/h6-7,10-11,14,16H,4-5,8-9H2,1-3H3. The van der Waals surface area contributed by atoms with Crippen LogP contribution >= 0.6 is 11.6 Å². The van der Waals surface area contributed by atoms with E-state index in [1.807, 2.05) is 18.2 Å². The van der Waals surface area contributed by atoms with Crippen molar-refractivity contribution < 1.29 is 9.47 Å². The van der Waals surface area contributed by atoms with Crippen LogP contribution in [0.5, 0.6) is 5.75 Å². The quantitative estimate of drug-likeness (QED) is 0.670. The van der Waals surface area contributed by atoms with Gasteiger partial charge in [0.1, 0.15) is 5.75 Å². The number of halogens is 1. The molecule has 19 heavy (non-hydrogen) atoms. The summed E-state index contributed by atoms with van der Waals surface area (Å²) in [5.41, 5.74) is 1.20. The largest absolute Gasteiger partial charge is 0.493 e. The van der Waals surface area contributed by atoms with Crippen LogP contribution in [-0.4, -0.2) is 18.8 Å². The predicted octanol–water partition coefficient (Wildman–Crippen LogP) is 4.80. The number of benzene rings is 1. The Kier molecular flexibility index (Phi) is 5.12. The monoisotopic (exact) mass is 282 g/mol. The van der Waals surface area contributed by atoms with Gasteiger partial charge in [0.15, 0.2) is 0 Å². The number of epoxide rings is 1. The van der Waals surface area contributed by atoms with Crippen LogP contribution in [0, 0.1) is 0 Å². The van der Waals surface area contributed by atoms with E-state index in [1.165, 1.54) is 5.56 Å². The summed E-state index contributed by atoms with van der Waals surface area (Å²) in [6.07, 6.45) is 4.03. The first-order valence-electron chi connectivity index (χ1n) is 7.23. The summed E-state index contributed by atoms with van der Waals surface area (Å²) < 4.78 is 11.5. The molecule has 0 N–H and O–H groups in total. The molecular formula is C16H23ClO2. The van der Waals surface area contributed by atoms with E-state index in [9.17, 15) is 0 Å². The minimum Gasteiger partial charge on any atom is -0.493 e. The molecule has 3 atom stereocenters. The fourth-order valence-corrected chi connectivity index (χ4v) is 2.65. The second kappa shape index (κ2) is 6.62. The number of ether oxygens (including phenoxy) is 2. The van der Waals surface area contributed by atoms with Crippen molar-refractivity contribution in [3.63, 3.8) is 0 Å².